The Morgan fingerprint density at radius 1 is 1.10 bits per heavy atom. The minimum atomic E-state index is 0.0675. The predicted molar refractivity (Wildman–Crippen MR) is 109 cm³/mol. The lowest BCUT2D eigenvalue weighted by atomic mass is 10.1. The fourth-order valence-corrected chi connectivity index (χ4v) is 3.68. The first kappa shape index (κ1) is 17.4. The molecule has 5 rings (SSSR count). The number of carbonyl (C=O) groups excluding carboxylic acids is 1. The third kappa shape index (κ3) is 3.22. The molecule has 0 bridgehead atoms. The minimum Gasteiger partial charge on any atom is -0.360 e. The molecule has 4 aromatic rings. The Morgan fingerprint density at radius 3 is 2.66 bits per heavy atom. The Morgan fingerprint density at radius 2 is 1.93 bits per heavy atom. The van der Waals surface area contributed by atoms with Crippen LogP contribution in [0.3, 0.4) is 0 Å². The quantitative estimate of drug-likeness (QED) is 0.580. The Balaban J connectivity index is 1.26. The number of nitrogens with one attached hydrogen (secondary N) is 1. The summed E-state index contributed by atoms with van der Waals surface area (Å²) >= 11 is 0. The van der Waals surface area contributed by atoms with Crippen LogP contribution < -0.4 is 4.90 Å². The number of aromatic amines is 1. The van der Waals surface area contributed by atoms with Crippen molar-refractivity contribution < 1.29 is 9.32 Å². The zero-order valence-corrected chi connectivity index (χ0v) is 16.0. The number of fused-ring (bicyclic) bond motifs is 1. The summed E-state index contributed by atoms with van der Waals surface area (Å²) in [4.78, 5) is 29.0. The third-order valence-corrected chi connectivity index (χ3v) is 5.24. The van der Waals surface area contributed by atoms with Gasteiger partial charge in [-0.05, 0) is 18.2 Å². The number of pyridine rings is 1. The van der Waals surface area contributed by atoms with Crippen molar-refractivity contribution in [3.05, 3.63) is 60.2 Å². The number of H-pyrrole nitrogens is 1. The van der Waals surface area contributed by atoms with Crippen molar-refractivity contribution in [2.45, 2.75) is 6.92 Å². The first-order valence-corrected chi connectivity index (χ1v) is 9.56. The van der Waals surface area contributed by atoms with Gasteiger partial charge >= 0.3 is 0 Å². The summed E-state index contributed by atoms with van der Waals surface area (Å²) in [7, 11) is 0. The Hall–Kier alpha value is -3.68. The summed E-state index contributed by atoms with van der Waals surface area (Å²) in [6.07, 6.45) is 3.56. The van der Waals surface area contributed by atoms with Gasteiger partial charge in [0.1, 0.15) is 5.82 Å². The van der Waals surface area contributed by atoms with Gasteiger partial charge in [0, 0.05) is 62.0 Å². The van der Waals surface area contributed by atoms with E-state index < -0.39 is 0 Å². The number of anilines is 1. The summed E-state index contributed by atoms with van der Waals surface area (Å²) in [6.45, 7) is 4.55. The van der Waals surface area contributed by atoms with Crippen LogP contribution in [-0.2, 0) is 0 Å². The van der Waals surface area contributed by atoms with Crippen LogP contribution in [0, 0.1) is 6.92 Å². The SMILES string of the molecule is Cc1nc(-c2ccc(N3CCN(C(=O)c4c[nH]c5ccccc45)CC3)nc2)no1. The van der Waals surface area contributed by atoms with Gasteiger partial charge in [-0.1, -0.05) is 23.4 Å². The summed E-state index contributed by atoms with van der Waals surface area (Å²) in [5.74, 6) is 2.02. The lowest BCUT2D eigenvalue weighted by molar-refractivity contribution is 0.0748. The highest BCUT2D eigenvalue weighted by Gasteiger charge is 2.24. The minimum absolute atomic E-state index is 0.0675. The van der Waals surface area contributed by atoms with Crippen molar-refractivity contribution >= 4 is 22.6 Å². The number of nitrogens with zero attached hydrogens (tertiary/aromatic N) is 5. The maximum atomic E-state index is 13.0. The van der Waals surface area contributed by atoms with E-state index in [9.17, 15) is 4.79 Å². The van der Waals surface area contributed by atoms with Crippen molar-refractivity contribution in [1.29, 1.82) is 0 Å². The van der Waals surface area contributed by atoms with Gasteiger partial charge in [-0.3, -0.25) is 4.79 Å². The normalized spacial score (nSPS) is 14.5. The van der Waals surface area contributed by atoms with E-state index in [1.54, 1.807) is 19.3 Å². The molecule has 1 amide bonds. The van der Waals surface area contributed by atoms with Crippen molar-refractivity contribution in [2.24, 2.45) is 0 Å². The number of para-hydroxylation sites is 1. The number of aromatic nitrogens is 4. The molecule has 1 saturated heterocycles. The molecule has 1 aliphatic rings. The molecule has 0 aliphatic carbocycles. The zero-order chi connectivity index (χ0) is 19.8. The fourth-order valence-electron chi connectivity index (χ4n) is 3.68. The number of piperazine rings is 1. The van der Waals surface area contributed by atoms with Gasteiger partial charge in [-0.2, -0.15) is 4.98 Å². The van der Waals surface area contributed by atoms with Crippen LogP contribution in [0.15, 0.2) is 53.3 Å². The Kier molecular flexibility index (Phi) is 4.23. The highest BCUT2D eigenvalue weighted by molar-refractivity contribution is 6.06. The molecule has 0 spiro atoms. The molecule has 8 nitrogen and oxygen atoms in total. The van der Waals surface area contributed by atoms with E-state index in [0.717, 1.165) is 40.9 Å². The van der Waals surface area contributed by atoms with Gasteiger partial charge in [0.15, 0.2) is 0 Å². The standard InChI is InChI=1S/C21H20N6O2/c1-14-24-20(25-29-14)15-6-7-19(23-12-15)26-8-10-27(11-9-26)21(28)17-13-22-18-5-3-2-4-16(17)18/h2-7,12-13,22H,8-11H2,1H3. The van der Waals surface area contributed by atoms with Crippen molar-refractivity contribution in [3.63, 3.8) is 0 Å². The zero-order valence-electron chi connectivity index (χ0n) is 16.0. The van der Waals surface area contributed by atoms with Gasteiger partial charge in [-0.15, -0.1) is 0 Å². The second-order valence-electron chi connectivity index (χ2n) is 7.07. The van der Waals surface area contributed by atoms with Crippen LogP contribution in [0.1, 0.15) is 16.2 Å². The van der Waals surface area contributed by atoms with Gasteiger partial charge in [0.2, 0.25) is 11.7 Å². The van der Waals surface area contributed by atoms with E-state index in [0.29, 0.717) is 24.8 Å². The number of rotatable bonds is 3. The number of hydrogen-bond donors (Lipinski definition) is 1. The van der Waals surface area contributed by atoms with E-state index in [1.807, 2.05) is 41.3 Å². The first-order chi connectivity index (χ1) is 14.2. The average molecular weight is 388 g/mol. The number of hydrogen-bond acceptors (Lipinski definition) is 6. The molecular formula is C21H20N6O2. The molecule has 1 aromatic carbocycles. The van der Waals surface area contributed by atoms with Crippen molar-refractivity contribution in [2.75, 3.05) is 31.1 Å². The van der Waals surface area contributed by atoms with Crippen LogP contribution in [0.4, 0.5) is 5.82 Å². The summed E-state index contributed by atoms with van der Waals surface area (Å²) < 4.78 is 5.02. The summed E-state index contributed by atoms with van der Waals surface area (Å²) in [5.41, 5.74) is 2.53. The smallest absolute Gasteiger partial charge is 0.256 e. The van der Waals surface area contributed by atoms with Crippen LogP contribution >= 0.6 is 0 Å². The second kappa shape index (κ2) is 7.05. The van der Waals surface area contributed by atoms with Crippen LogP contribution in [0.5, 0.6) is 0 Å². The average Bonchev–Trinajstić information content (AvgIpc) is 3.40. The Bertz CT molecular complexity index is 1160. The molecule has 146 valence electrons. The fraction of sp³-hybridized carbons (Fsp3) is 0.238. The lowest BCUT2D eigenvalue weighted by Crippen LogP contribution is -2.49. The predicted octanol–water partition coefficient (Wildman–Crippen LogP) is 2.88. The maximum Gasteiger partial charge on any atom is 0.256 e. The van der Waals surface area contributed by atoms with E-state index >= 15 is 0 Å². The van der Waals surface area contributed by atoms with E-state index in [2.05, 4.69) is 25.0 Å². The maximum absolute atomic E-state index is 13.0. The highest BCUT2D eigenvalue weighted by atomic mass is 16.5. The number of carbonyl (C=O) groups is 1. The number of amides is 1. The van der Waals surface area contributed by atoms with Gasteiger partial charge in [0.25, 0.3) is 5.91 Å². The van der Waals surface area contributed by atoms with Gasteiger partial charge in [-0.25, -0.2) is 4.98 Å². The monoisotopic (exact) mass is 388 g/mol. The third-order valence-electron chi connectivity index (χ3n) is 5.24. The molecule has 4 heterocycles. The molecule has 0 unspecified atom stereocenters. The van der Waals surface area contributed by atoms with Crippen LogP contribution in [0.25, 0.3) is 22.3 Å². The lowest BCUT2D eigenvalue weighted by Gasteiger charge is -2.35. The molecular weight excluding hydrogens is 368 g/mol. The molecule has 0 saturated carbocycles. The van der Waals surface area contributed by atoms with Crippen molar-refractivity contribution in [3.8, 4) is 11.4 Å². The molecule has 1 N–H and O–H groups in total. The second-order valence-corrected chi connectivity index (χ2v) is 7.07. The van der Waals surface area contributed by atoms with E-state index in [-0.39, 0.29) is 5.91 Å². The summed E-state index contributed by atoms with van der Waals surface area (Å²) in [5, 5.41) is 4.88. The van der Waals surface area contributed by atoms with Crippen LogP contribution in [-0.4, -0.2) is 57.1 Å². The molecule has 1 aliphatic heterocycles. The number of aryl methyl sites for hydroxylation is 1. The van der Waals surface area contributed by atoms with E-state index in [4.69, 9.17) is 4.52 Å². The topological polar surface area (TPSA) is 91.2 Å². The number of benzene rings is 1. The van der Waals surface area contributed by atoms with Gasteiger partial charge < -0.3 is 19.3 Å². The molecule has 3 aromatic heterocycles. The largest absolute Gasteiger partial charge is 0.360 e. The van der Waals surface area contributed by atoms with Crippen LogP contribution in [0.2, 0.25) is 0 Å². The molecule has 0 atom stereocenters. The molecule has 8 heteroatoms. The van der Waals surface area contributed by atoms with Gasteiger partial charge in [0.05, 0.1) is 5.56 Å². The molecule has 29 heavy (non-hydrogen) atoms. The molecule has 0 radical (unpaired) electrons. The van der Waals surface area contributed by atoms with Crippen molar-refractivity contribution in [1.82, 2.24) is 25.0 Å². The Labute approximate surface area is 167 Å². The first-order valence-electron chi connectivity index (χ1n) is 9.56. The summed E-state index contributed by atoms with van der Waals surface area (Å²) in [6, 6.07) is 11.8. The van der Waals surface area contributed by atoms with E-state index in [1.165, 1.54) is 0 Å². The molecule has 1 fully saturated rings. The highest BCUT2D eigenvalue weighted by Crippen LogP contribution is 2.22.